The fraction of sp³-hybridized carbons (Fsp3) is 0.350. The van der Waals surface area contributed by atoms with Gasteiger partial charge in [0.1, 0.15) is 12.4 Å². The molecule has 2 atom stereocenters. The van der Waals surface area contributed by atoms with Gasteiger partial charge in [-0.15, -0.1) is 0 Å². The number of benzene rings is 2. The summed E-state index contributed by atoms with van der Waals surface area (Å²) in [5.41, 5.74) is 0.719. The molecule has 0 unspecified atom stereocenters. The Morgan fingerprint density at radius 1 is 1.11 bits per heavy atom. The molecule has 0 radical (unpaired) electrons. The third kappa shape index (κ3) is 3.96. The first-order chi connectivity index (χ1) is 13.4. The van der Waals surface area contributed by atoms with Crippen LogP contribution in [-0.2, 0) is 21.2 Å². The molecule has 1 fully saturated rings. The molecule has 2 heterocycles. The molecule has 0 N–H and O–H groups in total. The highest BCUT2D eigenvalue weighted by Gasteiger charge is 2.39. The third-order valence-corrected chi connectivity index (χ3v) is 6.73. The highest BCUT2D eigenvalue weighted by atomic mass is 32.2. The predicted octanol–water partition coefficient (Wildman–Crippen LogP) is 2.18. The van der Waals surface area contributed by atoms with Crippen LogP contribution < -0.4 is 9.47 Å². The molecule has 4 rings (SSSR count). The van der Waals surface area contributed by atoms with Crippen LogP contribution in [0.15, 0.2) is 48.5 Å². The van der Waals surface area contributed by atoms with Gasteiger partial charge in [0.25, 0.3) is 5.91 Å². The molecule has 2 aliphatic heterocycles. The van der Waals surface area contributed by atoms with E-state index in [1.54, 1.807) is 30.3 Å². The fourth-order valence-corrected chi connectivity index (χ4v) is 5.25. The number of carbonyl (C=O) groups excluding carboxylic acids is 1. The van der Waals surface area contributed by atoms with Crippen LogP contribution in [0, 0.1) is 5.82 Å². The molecule has 6 nitrogen and oxygen atoms in total. The first kappa shape index (κ1) is 18.7. The van der Waals surface area contributed by atoms with Crippen molar-refractivity contribution in [2.24, 2.45) is 0 Å². The van der Waals surface area contributed by atoms with Crippen molar-refractivity contribution in [3.8, 4) is 11.5 Å². The average molecular weight is 405 g/mol. The number of para-hydroxylation sites is 2. The molecule has 0 saturated carbocycles. The highest BCUT2D eigenvalue weighted by Crippen LogP contribution is 2.32. The average Bonchev–Trinajstić information content (AvgIpc) is 3.06. The lowest BCUT2D eigenvalue weighted by Crippen LogP contribution is -2.50. The van der Waals surface area contributed by atoms with Crippen LogP contribution in [0.3, 0.4) is 0 Å². The molecule has 8 heteroatoms. The zero-order valence-corrected chi connectivity index (χ0v) is 15.9. The van der Waals surface area contributed by atoms with Crippen LogP contribution >= 0.6 is 0 Å². The number of halogens is 1. The molecule has 2 aromatic carbocycles. The molecular weight excluding hydrogens is 385 g/mol. The van der Waals surface area contributed by atoms with Crippen molar-refractivity contribution in [3.05, 3.63) is 59.9 Å². The lowest BCUT2D eigenvalue weighted by atomic mass is 10.1. The van der Waals surface area contributed by atoms with E-state index < -0.39 is 22.0 Å². The number of sulfone groups is 1. The minimum atomic E-state index is -3.18. The maximum absolute atomic E-state index is 13.2. The van der Waals surface area contributed by atoms with Gasteiger partial charge in [-0.1, -0.05) is 24.3 Å². The summed E-state index contributed by atoms with van der Waals surface area (Å²) in [6, 6.07) is 12.5. The van der Waals surface area contributed by atoms with Crippen molar-refractivity contribution in [2.75, 3.05) is 18.1 Å². The number of carbonyl (C=O) groups is 1. The van der Waals surface area contributed by atoms with E-state index in [0.29, 0.717) is 17.9 Å². The summed E-state index contributed by atoms with van der Waals surface area (Å²) < 4.78 is 48.6. The number of hydrogen-bond donors (Lipinski definition) is 0. The Morgan fingerprint density at radius 2 is 1.82 bits per heavy atom. The van der Waals surface area contributed by atoms with E-state index in [4.69, 9.17) is 9.47 Å². The summed E-state index contributed by atoms with van der Waals surface area (Å²) in [4.78, 5) is 14.8. The molecule has 28 heavy (non-hydrogen) atoms. The largest absolute Gasteiger partial charge is 0.485 e. The summed E-state index contributed by atoms with van der Waals surface area (Å²) in [5, 5.41) is 0. The van der Waals surface area contributed by atoms with Crippen molar-refractivity contribution in [2.45, 2.75) is 25.1 Å². The Balaban J connectivity index is 1.57. The Bertz CT molecular complexity index is 976. The van der Waals surface area contributed by atoms with Crippen LogP contribution in [0.5, 0.6) is 11.5 Å². The van der Waals surface area contributed by atoms with Crippen molar-refractivity contribution in [3.63, 3.8) is 0 Å². The molecule has 0 aliphatic carbocycles. The van der Waals surface area contributed by atoms with Gasteiger partial charge in [-0.2, -0.15) is 0 Å². The normalized spacial score (nSPS) is 22.6. The van der Waals surface area contributed by atoms with Crippen LogP contribution in [0.25, 0.3) is 0 Å². The zero-order chi connectivity index (χ0) is 19.7. The van der Waals surface area contributed by atoms with Gasteiger partial charge in [-0.05, 0) is 36.2 Å². The standard InChI is InChI=1S/C20H20FNO5S/c21-15-7-5-14(6-8-15)11-22(16-9-10-28(24,25)13-16)20(23)19-12-26-17-3-1-2-4-18(17)27-19/h1-8,16,19H,9-13H2/t16-,19+/m1/s1. The van der Waals surface area contributed by atoms with Crippen molar-refractivity contribution in [1.82, 2.24) is 4.90 Å². The lowest BCUT2D eigenvalue weighted by Gasteiger charge is -2.34. The van der Waals surface area contributed by atoms with E-state index in [9.17, 15) is 17.6 Å². The number of hydrogen-bond acceptors (Lipinski definition) is 5. The number of amides is 1. The number of nitrogens with zero attached hydrogens (tertiary/aromatic N) is 1. The summed E-state index contributed by atoms with van der Waals surface area (Å²) in [7, 11) is -3.18. The summed E-state index contributed by atoms with van der Waals surface area (Å²) in [5.74, 6) is 0.319. The van der Waals surface area contributed by atoms with Crippen molar-refractivity contribution < 1.29 is 27.1 Å². The predicted molar refractivity (Wildman–Crippen MR) is 100 cm³/mol. The first-order valence-electron chi connectivity index (χ1n) is 9.05. The molecule has 2 aliphatic rings. The minimum Gasteiger partial charge on any atom is -0.485 e. The van der Waals surface area contributed by atoms with Crippen LogP contribution in [-0.4, -0.2) is 49.5 Å². The topological polar surface area (TPSA) is 72.9 Å². The zero-order valence-electron chi connectivity index (χ0n) is 15.1. The van der Waals surface area contributed by atoms with Gasteiger partial charge in [0.05, 0.1) is 11.5 Å². The van der Waals surface area contributed by atoms with Gasteiger partial charge < -0.3 is 14.4 Å². The van der Waals surface area contributed by atoms with Crippen LogP contribution in [0.4, 0.5) is 4.39 Å². The second-order valence-corrected chi connectivity index (χ2v) is 9.24. The Labute approximate surface area is 162 Å². The Hall–Kier alpha value is -2.61. The van der Waals surface area contributed by atoms with Crippen LogP contribution in [0.2, 0.25) is 0 Å². The maximum atomic E-state index is 13.2. The van der Waals surface area contributed by atoms with E-state index in [2.05, 4.69) is 0 Å². The van der Waals surface area contributed by atoms with Gasteiger partial charge >= 0.3 is 0 Å². The number of fused-ring (bicyclic) bond motifs is 1. The molecule has 1 saturated heterocycles. The Kier molecular flexibility index (Phi) is 4.97. The van der Waals surface area contributed by atoms with Gasteiger partial charge in [-0.3, -0.25) is 4.79 Å². The van der Waals surface area contributed by atoms with E-state index in [0.717, 1.165) is 5.56 Å². The molecule has 0 bridgehead atoms. The first-order valence-corrected chi connectivity index (χ1v) is 10.9. The van der Waals surface area contributed by atoms with Gasteiger partial charge in [0.2, 0.25) is 6.10 Å². The third-order valence-electron chi connectivity index (χ3n) is 4.98. The van der Waals surface area contributed by atoms with Crippen molar-refractivity contribution >= 4 is 15.7 Å². The Morgan fingerprint density at radius 3 is 2.50 bits per heavy atom. The van der Waals surface area contributed by atoms with Gasteiger partial charge in [0, 0.05) is 12.6 Å². The smallest absolute Gasteiger partial charge is 0.267 e. The monoisotopic (exact) mass is 405 g/mol. The van der Waals surface area contributed by atoms with E-state index >= 15 is 0 Å². The molecular formula is C20H20FNO5S. The van der Waals surface area contributed by atoms with Gasteiger partial charge in [0.15, 0.2) is 21.3 Å². The molecule has 0 spiro atoms. The quantitative estimate of drug-likeness (QED) is 0.780. The minimum absolute atomic E-state index is 0.0508. The highest BCUT2D eigenvalue weighted by molar-refractivity contribution is 7.91. The maximum Gasteiger partial charge on any atom is 0.267 e. The van der Waals surface area contributed by atoms with E-state index in [1.165, 1.54) is 17.0 Å². The number of rotatable bonds is 4. The summed E-state index contributed by atoms with van der Waals surface area (Å²) in [6.45, 7) is 0.232. The second kappa shape index (κ2) is 7.43. The molecule has 2 aromatic rings. The fourth-order valence-electron chi connectivity index (χ4n) is 3.52. The molecule has 148 valence electrons. The lowest BCUT2D eigenvalue weighted by molar-refractivity contribution is -0.143. The second-order valence-electron chi connectivity index (χ2n) is 7.01. The number of ether oxygens (including phenoxy) is 2. The van der Waals surface area contributed by atoms with E-state index in [1.807, 2.05) is 6.07 Å². The van der Waals surface area contributed by atoms with Gasteiger partial charge in [-0.25, -0.2) is 12.8 Å². The summed E-state index contributed by atoms with van der Waals surface area (Å²) >= 11 is 0. The van der Waals surface area contributed by atoms with Crippen LogP contribution in [0.1, 0.15) is 12.0 Å². The SMILES string of the molecule is O=C([C@@H]1COc2ccccc2O1)N(Cc1ccc(F)cc1)[C@@H]1CCS(=O)(=O)C1. The van der Waals surface area contributed by atoms with E-state index in [-0.39, 0.29) is 36.4 Å². The molecule has 0 aromatic heterocycles. The summed E-state index contributed by atoms with van der Waals surface area (Å²) in [6.07, 6.45) is -0.488. The van der Waals surface area contributed by atoms with Crippen molar-refractivity contribution in [1.29, 1.82) is 0 Å². The molecule has 1 amide bonds.